The molecule has 0 unspecified atom stereocenters. The number of nitrogens with zero attached hydrogens (tertiary/aromatic N) is 2. The van der Waals surface area contributed by atoms with Gasteiger partial charge in [-0.1, -0.05) is 38.1 Å². The van der Waals surface area contributed by atoms with Gasteiger partial charge in [-0.05, 0) is 36.4 Å². The molecule has 0 aromatic heterocycles. The van der Waals surface area contributed by atoms with Gasteiger partial charge in [0, 0.05) is 31.9 Å². The Morgan fingerprint density at radius 1 is 1.13 bits per heavy atom. The van der Waals surface area contributed by atoms with Crippen LogP contribution in [-0.4, -0.2) is 53.5 Å². The molecule has 1 aromatic rings. The molecule has 1 heterocycles. The van der Waals surface area contributed by atoms with Crippen LogP contribution >= 0.6 is 11.8 Å². The minimum Gasteiger partial charge on any atom is -0.334 e. The van der Waals surface area contributed by atoms with Crippen molar-refractivity contribution >= 4 is 17.8 Å². The molecule has 0 aliphatic carbocycles. The maximum Gasteiger partial charge on any atom is 0.317 e. The molecule has 2 amide bonds. The monoisotopic (exact) mass is 335 g/mol. The highest BCUT2D eigenvalue weighted by molar-refractivity contribution is 7.99. The summed E-state index contributed by atoms with van der Waals surface area (Å²) in [4.78, 5) is 16.5. The summed E-state index contributed by atoms with van der Waals surface area (Å²) in [6.07, 6.45) is 1.10. The molecule has 1 saturated heterocycles. The Balaban J connectivity index is 1.80. The zero-order valence-corrected chi connectivity index (χ0v) is 15.2. The van der Waals surface area contributed by atoms with Crippen molar-refractivity contribution in [1.29, 1.82) is 0 Å². The van der Waals surface area contributed by atoms with Gasteiger partial charge in [0.25, 0.3) is 0 Å². The fourth-order valence-electron chi connectivity index (χ4n) is 2.71. The number of hydrogen-bond acceptors (Lipinski definition) is 3. The third-order valence-electron chi connectivity index (χ3n) is 4.28. The predicted octanol–water partition coefficient (Wildman–Crippen LogP) is 3.18. The maximum atomic E-state index is 12.2. The smallest absolute Gasteiger partial charge is 0.317 e. The number of amides is 2. The lowest BCUT2D eigenvalue weighted by Gasteiger charge is -2.20. The molecule has 5 heteroatoms. The van der Waals surface area contributed by atoms with Gasteiger partial charge in [-0.25, -0.2) is 4.79 Å². The molecule has 1 aliphatic rings. The summed E-state index contributed by atoms with van der Waals surface area (Å²) in [6, 6.07) is 8.65. The van der Waals surface area contributed by atoms with Crippen molar-refractivity contribution in [2.24, 2.45) is 0 Å². The van der Waals surface area contributed by atoms with E-state index in [-0.39, 0.29) is 6.03 Å². The quantitative estimate of drug-likeness (QED) is 0.867. The van der Waals surface area contributed by atoms with Gasteiger partial charge in [0.1, 0.15) is 0 Å². The number of thioether (sulfide) groups is 1. The van der Waals surface area contributed by atoms with Gasteiger partial charge in [-0.3, -0.25) is 4.90 Å². The van der Waals surface area contributed by atoms with Gasteiger partial charge >= 0.3 is 6.03 Å². The van der Waals surface area contributed by atoms with E-state index in [4.69, 9.17) is 0 Å². The Kier molecular flexibility index (Phi) is 7.76. The van der Waals surface area contributed by atoms with E-state index in [1.807, 2.05) is 16.7 Å². The van der Waals surface area contributed by atoms with Crippen molar-refractivity contribution in [3.8, 4) is 0 Å². The SMILES string of the molecule is CCN(CC)Cc1ccc(CNC(=O)N2CCCSCC2)cc1. The molecule has 23 heavy (non-hydrogen) atoms. The number of urea groups is 1. The summed E-state index contributed by atoms with van der Waals surface area (Å²) < 4.78 is 0. The molecule has 128 valence electrons. The van der Waals surface area contributed by atoms with Crippen molar-refractivity contribution in [3.63, 3.8) is 0 Å². The van der Waals surface area contributed by atoms with E-state index in [2.05, 4.69) is 48.3 Å². The summed E-state index contributed by atoms with van der Waals surface area (Å²) in [6.45, 7) is 9.86. The van der Waals surface area contributed by atoms with Crippen LogP contribution < -0.4 is 5.32 Å². The minimum atomic E-state index is 0.0692. The van der Waals surface area contributed by atoms with Crippen LogP contribution in [0.4, 0.5) is 4.79 Å². The summed E-state index contributed by atoms with van der Waals surface area (Å²) >= 11 is 1.94. The van der Waals surface area contributed by atoms with E-state index in [0.29, 0.717) is 6.54 Å². The van der Waals surface area contributed by atoms with Crippen LogP contribution in [0.5, 0.6) is 0 Å². The van der Waals surface area contributed by atoms with E-state index in [9.17, 15) is 4.79 Å². The molecule has 0 bridgehead atoms. The number of rotatable bonds is 6. The molecular weight excluding hydrogens is 306 g/mol. The molecule has 1 N–H and O–H groups in total. The van der Waals surface area contributed by atoms with Crippen LogP contribution in [0.3, 0.4) is 0 Å². The molecule has 4 nitrogen and oxygen atoms in total. The average Bonchev–Trinajstić information content (AvgIpc) is 2.88. The molecule has 0 radical (unpaired) electrons. The van der Waals surface area contributed by atoms with E-state index in [0.717, 1.165) is 56.2 Å². The molecule has 1 aromatic carbocycles. The summed E-state index contributed by atoms with van der Waals surface area (Å²) in [5.41, 5.74) is 2.49. The first-order valence-corrected chi connectivity index (χ1v) is 9.79. The first-order valence-electron chi connectivity index (χ1n) is 8.63. The normalized spacial score (nSPS) is 15.5. The Labute approximate surface area is 144 Å². The number of nitrogens with one attached hydrogen (secondary N) is 1. The van der Waals surface area contributed by atoms with Gasteiger partial charge in [0.2, 0.25) is 0 Å². The van der Waals surface area contributed by atoms with Crippen LogP contribution in [-0.2, 0) is 13.1 Å². The van der Waals surface area contributed by atoms with Crippen molar-refractivity contribution in [2.75, 3.05) is 37.7 Å². The van der Waals surface area contributed by atoms with Gasteiger partial charge in [0.15, 0.2) is 0 Å². The largest absolute Gasteiger partial charge is 0.334 e. The van der Waals surface area contributed by atoms with Crippen LogP contribution in [0, 0.1) is 0 Å². The van der Waals surface area contributed by atoms with E-state index < -0.39 is 0 Å². The van der Waals surface area contributed by atoms with E-state index in [1.165, 1.54) is 5.56 Å². The lowest BCUT2D eigenvalue weighted by Crippen LogP contribution is -2.40. The third-order valence-corrected chi connectivity index (χ3v) is 5.33. The molecular formula is C18H29N3OS. The van der Waals surface area contributed by atoms with Gasteiger partial charge in [-0.2, -0.15) is 11.8 Å². The number of carbonyl (C=O) groups excluding carboxylic acids is 1. The standard InChI is InChI=1S/C18H29N3OS/c1-3-20(4-2)15-17-8-6-16(7-9-17)14-19-18(22)21-10-5-12-23-13-11-21/h6-9H,3-5,10-15H2,1-2H3,(H,19,22). The van der Waals surface area contributed by atoms with Crippen molar-refractivity contribution < 1.29 is 4.79 Å². The second-order valence-electron chi connectivity index (χ2n) is 5.89. The lowest BCUT2D eigenvalue weighted by atomic mass is 10.1. The van der Waals surface area contributed by atoms with Crippen molar-refractivity contribution in [2.45, 2.75) is 33.4 Å². The summed E-state index contributed by atoms with van der Waals surface area (Å²) in [7, 11) is 0. The second kappa shape index (κ2) is 9.83. The fourth-order valence-corrected chi connectivity index (χ4v) is 3.59. The minimum absolute atomic E-state index is 0.0692. The highest BCUT2D eigenvalue weighted by atomic mass is 32.2. The molecule has 2 rings (SSSR count). The van der Waals surface area contributed by atoms with Crippen molar-refractivity contribution in [3.05, 3.63) is 35.4 Å². The second-order valence-corrected chi connectivity index (χ2v) is 7.11. The zero-order valence-electron chi connectivity index (χ0n) is 14.4. The molecule has 0 atom stereocenters. The van der Waals surface area contributed by atoms with Gasteiger partial charge in [0.05, 0.1) is 0 Å². The van der Waals surface area contributed by atoms with Crippen molar-refractivity contribution in [1.82, 2.24) is 15.1 Å². The number of benzene rings is 1. The topological polar surface area (TPSA) is 35.6 Å². The fraction of sp³-hybridized carbons (Fsp3) is 0.611. The third kappa shape index (κ3) is 6.07. The number of hydrogen-bond donors (Lipinski definition) is 1. The molecule has 1 aliphatic heterocycles. The number of carbonyl (C=O) groups is 1. The maximum absolute atomic E-state index is 12.2. The van der Waals surface area contributed by atoms with Gasteiger partial charge < -0.3 is 10.2 Å². The first-order chi connectivity index (χ1) is 11.2. The van der Waals surface area contributed by atoms with E-state index >= 15 is 0 Å². The Bertz CT molecular complexity index is 466. The summed E-state index contributed by atoms with van der Waals surface area (Å²) in [5, 5.41) is 3.05. The lowest BCUT2D eigenvalue weighted by molar-refractivity contribution is 0.201. The van der Waals surface area contributed by atoms with E-state index in [1.54, 1.807) is 0 Å². The first kappa shape index (κ1) is 18.1. The summed E-state index contributed by atoms with van der Waals surface area (Å²) in [5.74, 6) is 2.21. The van der Waals surface area contributed by atoms with Gasteiger partial charge in [-0.15, -0.1) is 0 Å². The molecule has 0 saturated carbocycles. The Morgan fingerprint density at radius 2 is 1.83 bits per heavy atom. The zero-order chi connectivity index (χ0) is 16.5. The van der Waals surface area contributed by atoms with Crippen LogP contribution in [0.2, 0.25) is 0 Å². The molecule has 1 fully saturated rings. The average molecular weight is 336 g/mol. The Hall–Kier alpha value is -1.20. The van der Waals surface area contributed by atoms with Crippen LogP contribution in [0.1, 0.15) is 31.4 Å². The van der Waals surface area contributed by atoms with Crippen LogP contribution in [0.25, 0.3) is 0 Å². The van der Waals surface area contributed by atoms with Crippen LogP contribution in [0.15, 0.2) is 24.3 Å². The molecule has 0 spiro atoms. The predicted molar refractivity (Wildman–Crippen MR) is 98.8 cm³/mol. The Morgan fingerprint density at radius 3 is 2.52 bits per heavy atom. The highest BCUT2D eigenvalue weighted by Crippen LogP contribution is 2.11. The highest BCUT2D eigenvalue weighted by Gasteiger charge is 2.14.